The molecule has 0 aliphatic carbocycles. The summed E-state index contributed by atoms with van der Waals surface area (Å²) >= 11 is 0. The van der Waals surface area contributed by atoms with Gasteiger partial charge < -0.3 is 0 Å². The molecule has 15 heavy (non-hydrogen) atoms. The Morgan fingerprint density at radius 2 is 1.20 bits per heavy atom. The molecule has 0 unspecified atom stereocenters. The van der Waals surface area contributed by atoms with Crippen LogP contribution in [0.5, 0.6) is 0 Å². The Kier molecular flexibility index (Phi) is 12.1. The van der Waals surface area contributed by atoms with Gasteiger partial charge in [-0.25, -0.2) is 0 Å². The molecule has 0 amide bonds. The van der Waals surface area contributed by atoms with E-state index >= 15 is 0 Å². The lowest BCUT2D eigenvalue weighted by Gasteiger charge is -2.30. The second-order valence-electron chi connectivity index (χ2n) is 4.98. The topological polar surface area (TPSA) is 3.24 Å². The van der Waals surface area contributed by atoms with Gasteiger partial charge in [-0.15, -0.1) is 0 Å². The highest BCUT2D eigenvalue weighted by molar-refractivity contribution is 4.67. The third kappa shape index (κ3) is 10.2. The van der Waals surface area contributed by atoms with Gasteiger partial charge >= 0.3 is 0 Å². The smallest absolute Gasteiger partial charge is 0.00668 e. The summed E-state index contributed by atoms with van der Waals surface area (Å²) in [5.74, 6) is 0.884. The molecule has 0 saturated heterocycles. The van der Waals surface area contributed by atoms with Crippen molar-refractivity contribution < 1.29 is 0 Å². The summed E-state index contributed by atoms with van der Waals surface area (Å²) in [6.07, 6.45) is 2.56. The maximum Gasteiger partial charge on any atom is 0.00668 e. The van der Waals surface area contributed by atoms with Crippen LogP contribution in [0.2, 0.25) is 0 Å². The summed E-state index contributed by atoms with van der Waals surface area (Å²) in [7, 11) is 0. The largest absolute Gasteiger partial charge is 0.299 e. The fourth-order valence-electron chi connectivity index (χ4n) is 1.42. The molecule has 0 aromatic carbocycles. The van der Waals surface area contributed by atoms with Gasteiger partial charge in [-0.1, -0.05) is 41.0 Å². The molecular weight excluding hydrogens is 182 g/mol. The minimum Gasteiger partial charge on any atom is -0.299 e. The molecule has 0 aliphatic rings. The van der Waals surface area contributed by atoms with Crippen molar-refractivity contribution in [2.75, 3.05) is 6.54 Å². The summed E-state index contributed by atoms with van der Waals surface area (Å²) in [5.41, 5.74) is 0. The highest BCUT2D eigenvalue weighted by Gasteiger charge is 2.11. The Labute approximate surface area is 98.2 Å². The molecule has 0 aromatic rings. The maximum atomic E-state index is 2.51. The number of hydrogen-bond donors (Lipinski definition) is 0. The van der Waals surface area contributed by atoms with Crippen molar-refractivity contribution in [2.45, 2.75) is 80.3 Å². The first kappa shape index (κ1) is 17.4. The minimum absolute atomic E-state index is 0.694. The van der Waals surface area contributed by atoms with Gasteiger partial charge in [0.05, 0.1) is 0 Å². The molecule has 0 fully saturated rings. The molecule has 1 heteroatoms. The van der Waals surface area contributed by atoms with Gasteiger partial charge in [0.2, 0.25) is 0 Å². The van der Waals surface area contributed by atoms with Crippen LogP contribution in [0, 0.1) is 5.92 Å². The summed E-state index contributed by atoms with van der Waals surface area (Å²) < 4.78 is 0. The van der Waals surface area contributed by atoms with Crippen LogP contribution in [0.1, 0.15) is 68.2 Å². The van der Waals surface area contributed by atoms with E-state index in [9.17, 15) is 0 Å². The van der Waals surface area contributed by atoms with Gasteiger partial charge in [-0.05, 0) is 39.7 Å². The highest BCUT2D eigenvalue weighted by atomic mass is 15.2. The number of nitrogens with zero attached hydrogens (tertiary/aromatic N) is 1. The SMILES string of the molecule is CCC(C)C.CC[C@@H](C)N(CC)C(C)C. The van der Waals surface area contributed by atoms with E-state index in [2.05, 4.69) is 60.3 Å². The van der Waals surface area contributed by atoms with Crippen LogP contribution >= 0.6 is 0 Å². The van der Waals surface area contributed by atoms with E-state index in [0.717, 1.165) is 12.0 Å². The van der Waals surface area contributed by atoms with E-state index in [0.29, 0.717) is 6.04 Å². The molecule has 0 rings (SSSR count). The average Bonchev–Trinajstić information content (AvgIpc) is 2.18. The molecule has 0 aliphatic heterocycles. The van der Waals surface area contributed by atoms with Crippen LogP contribution in [-0.2, 0) is 0 Å². The third-order valence-electron chi connectivity index (χ3n) is 3.00. The van der Waals surface area contributed by atoms with Crippen LogP contribution < -0.4 is 0 Å². The van der Waals surface area contributed by atoms with Gasteiger partial charge in [0.1, 0.15) is 0 Å². The zero-order valence-electron chi connectivity index (χ0n) is 12.3. The lowest BCUT2D eigenvalue weighted by molar-refractivity contribution is 0.169. The summed E-state index contributed by atoms with van der Waals surface area (Å²) in [5, 5.41) is 0. The molecule has 0 radical (unpaired) electrons. The van der Waals surface area contributed by atoms with Crippen molar-refractivity contribution in [1.82, 2.24) is 4.90 Å². The fourth-order valence-corrected chi connectivity index (χ4v) is 1.42. The van der Waals surface area contributed by atoms with E-state index in [-0.39, 0.29) is 0 Å². The number of hydrogen-bond acceptors (Lipinski definition) is 1. The van der Waals surface area contributed by atoms with Gasteiger partial charge in [0, 0.05) is 12.1 Å². The van der Waals surface area contributed by atoms with Crippen molar-refractivity contribution in [1.29, 1.82) is 0 Å². The summed E-state index contributed by atoms with van der Waals surface area (Å²) in [4.78, 5) is 2.51. The van der Waals surface area contributed by atoms with E-state index < -0.39 is 0 Å². The normalized spacial score (nSPS) is 13.0. The predicted molar refractivity (Wildman–Crippen MR) is 72.4 cm³/mol. The van der Waals surface area contributed by atoms with Crippen LogP contribution in [-0.4, -0.2) is 23.5 Å². The Hall–Kier alpha value is -0.0400. The number of rotatable bonds is 5. The first-order valence-corrected chi connectivity index (χ1v) is 6.66. The average molecular weight is 215 g/mol. The zero-order valence-corrected chi connectivity index (χ0v) is 12.3. The summed E-state index contributed by atoms with van der Waals surface area (Å²) in [6.45, 7) is 19.1. The molecule has 1 nitrogen and oxygen atoms in total. The van der Waals surface area contributed by atoms with Crippen molar-refractivity contribution >= 4 is 0 Å². The Bertz CT molecular complexity index is 119. The highest BCUT2D eigenvalue weighted by Crippen LogP contribution is 2.06. The molecule has 0 saturated carbocycles. The second kappa shape index (κ2) is 10.5. The van der Waals surface area contributed by atoms with Gasteiger partial charge in [0.15, 0.2) is 0 Å². The molecular formula is C14H33N. The Morgan fingerprint density at radius 1 is 0.800 bits per heavy atom. The van der Waals surface area contributed by atoms with Gasteiger partial charge in [0.25, 0.3) is 0 Å². The van der Waals surface area contributed by atoms with E-state index in [1.165, 1.54) is 19.4 Å². The second-order valence-corrected chi connectivity index (χ2v) is 4.98. The van der Waals surface area contributed by atoms with Crippen molar-refractivity contribution in [3.05, 3.63) is 0 Å². The van der Waals surface area contributed by atoms with E-state index in [4.69, 9.17) is 0 Å². The van der Waals surface area contributed by atoms with E-state index in [1.807, 2.05) is 0 Å². The van der Waals surface area contributed by atoms with Gasteiger partial charge in [-0.3, -0.25) is 4.90 Å². The molecule has 1 atom stereocenters. The van der Waals surface area contributed by atoms with Gasteiger partial charge in [-0.2, -0.15) is 0 Å². The first-order chi connectivity index (χ1) is 6.90. The lowest BCUT2D eigenvalue weighted by Crippen LogP contribution is -2.37. The molecule has 94 valence electrons. The molecule has 0 heterocycles. The zero-order chi connectivity index (χ0) is 12.4. The van der Waals surface area contributed by atoms with Crippen molar-refractivity contribution in [3.63, 3.8) is 0 Å². The monoisotopic (exact) mass is 215 g/mol. The van der Waals surface area contributed by atoms with Crippen LogP contribution in [0.4, 0.5) is 0 Å². The van der Waals surface area contributed by atoms with Crippen LogP contribution in [0.3, 0.4) is 0 Å². The van der Waals surface area contributed by atoms with Crippen molar-refractivity contribution in [2.24, 2.45) is 5.92 Å². The third-order valence-corrected chi connectivity index (χ3v) is 3.00. The first-order valence-electron chi connectivity index (χ1n) is 6.66. The Balaban J connectivity index is 0. The lowest BCUT2D eigenvalue weighted by atomic mass is 10.2. The predicted octanol–water partition coefficient (Wildman–Crippen LogP) is 4.57. The van der Waals surface area contributed by atoms with Crippen molar-refractivity contribution in [3.8, 4) is 0 Å². The summed E-state index contributed by atoms with van der Waals surface area (Å²) in [6, 6.07) is 1.44. The van der Waals surface area contributed by atoms with E-state index in [1.54, 1.807) is 0 Å². The standard InChI is InChI=1S/C9H21N.C5H12/c1-6-9(5)10(7-2)8(3)4;1-4-5(2)3/h8-9H,6-7H2,1-5H3;5H,4H2,1-3H3/t9-;/m1./s1. The minimum atomic E-state index is 0.694. The quantitative estimate of drug-likeness (QED) is 0.649. The maximum absolute atomic E-state index is 2.51. The van der Waals surface area contributed by atoms with Crippen LogP contribution in [0.15, 0.2) is 0 Å². The molecule has 0 aromatic heterocycles. The van der Waals surface area contributed by atoms with Crippen LogP contribution in [0.25, 0.3) is 0 Å². The molecule has 0 spiro atoms. The molecule has 0 bridgehead atoms. The molecule has 0 N–H and O–H groups in total. The fraction of sp³-hybridized carbons (Fsp3) is 1.00. The Morgan fingerprint density at radius 3 is 1.27 bits per heavy atom.